The Bertz CT molecular complexity index is 745. The SMILES string of the molecule is CCOC(=O)CC[C@H]1CC=C2C3=C(CC[C@@]21C)[C@@]1(C)CC[C@H](O)C(C)(C)C1CC3. The zero-order valence-electron chi connectivity index (χ0n) is 19.1. The van der Waals surface area contributed by atoms with E-state index in [1.807, 2.05) is 6.92 Å². The third kappa shape index (κ3) is 3.14. The summed E-state index contributed by atoms with van der Waals surface area (Å²) in [4.78, 5) is 11.9. The number of fused-ring (bicyclic) bond motifs is 4. The molecular formula is C26H40O3. The standard InChI is InChI=1S/C26H40O3/c1-6-29-23(28)12-8-17-7-10-19-18-9-11-21-24(2,3)22(27)14-16-26(21,5)20(18)13-15-25(17,19)4/h10,17,21-22,27H,6-9,11-16H2,1-5H3/t17-,21?,22+,25-,26-/m1/s1. The molecule has 1 N–H and O–H groups in total. The summed E-state index contributed by atoms with van der Waals surface area (Å²) in [6.45, 7) is 11.9. The van der Waals surface area contributed by atoms with Gasteiger partial charge in [-0.15, -0.1) is 0 Å². The summed E-state index contributed by atoms with van der Waals surface area (Å²) >= 11 is 0. The van der Waals surface area contributed by atoms with Crippen LogP contribution in [0.3, 0.4) is 0 Å². The Hall–Kier alpha value is -1.09. The molecule has 0 heterocycles. The molecule has 1 fully saturated rings. The first-order chi connectivity index (χ1) is 13.6. The van der Waals surface area contributed by atoms with Crippen molar-refractivity contribution in [2.24, 2.45) is 28.1 Å². The van der Waals surface area contributed by atoms with Crippen LogP contribution in [0.2, 0.25) is 0 Å². The number of hydrogen-bond donors (Lipinski definition) is 1. The number of allylic oxidation sites excluding steroid dienone is 4. The quantitative estimate of drug-likeness (QED) is 0.591. The van der Waals surface area contributed by atoms with Gasteiger partial charge in [-0.3, -0.25) is 4.79 Å². The van der Waals surface area contributed by atoms with E-state index in [4.69, 9.17) is 4.74 Å². The van der Waals surface area contributed by atoms with Crippen molar-refractivity contribution >= 4 is 5.97 Å². The second-order valence-electron chi connectivity index (χ2n) is 11.2. The fraction of sp³-hybridized carbons (Fsp3) is 0.808. The van der Waals surface area contributed by atoms with Crippen molar-refractivity contribution in [1.82, 2.24) is 0 Å². The highest BCUT2D eigenvalue weighted by Gasteiger charge is 2.57. The van der Waals surface area contributed by atoms with Gasteiger partial charge in [0.1, 0.15) is 0 Å². The van der Waals surface area contributed by atoms with E-state index in [2.05, 4.69) is 33.8 Å². The maximum Gasteiger partial charge on any atom is 0.305 e. The average Bonchev–Trinajstić information content (AvgIpc) is 3.00. The van der Waals surface area contributed by atoms with Crippen LogP contribution in [0.5, 0.6) is 0 Å². The summed E-state index contributed by atoms with van der Waals surface area (Å²) in [6.07, 6.45) is 11.7. The van der Waals surface area contributed by atoms with Crippen molar-refractivity contribution in [1.29, 1.82) is 0 Å². The van der Waals surface area contributed by atoms with Crippen molar-refractivity contribution in [3.8, 4) is 0 Å². The van der Waals surface area contributed by atoms with Gasteiger partial charge in [0.15, 0.2) is 0 Å². The summed E-state index contributed by atoms with van der Waals surface area (Å²) in [5.41, 5.74) is 5.43. The molecule has 1 unspecified atom stereocenters. The second kappa shape index (κ2) is 7.25. The lowest BCUT2D eigenvalue weighted by Crippen LogP contribution is -2.53. The van der Waals surface area contributed by atoms with Gasteiger partial charge in [-0.2, -0.15) is 0 Å². The Labute approximate surface area is 177 Å². The van der Waals surface area contributed by atoms with Crippen molar-refractivity contribution in [3.63, 3.8) is 0 Å². The van der Waals surface area contributed by atoms with Crippen LogP contribution in [0.4, 0.5) is 0 Å². The van der Waals surface area contributed by atoms with Gasteiger partial charge in [0.2, 0.25) is 0 Å². The number of esters is 1. The minimum absolute atomic E-state index is 0.00148. The fourth-order valence-electron chi connectivity index (χ4n) is 7.73. The normalized spacial score (nSPS) is 40.6. The van der Waals surface area contributed by atoms with Crippen LogP contribution in [0.25, 0.3) is 0 Å². The highest BCUT2D eigenvalue weighted by atomic mass is 16.5. The van der Waals surface area contributed by atoms with E-state index in [1.54, 1.807) is 16.7 Å². The molecular weight excluding hydrogens is 360 g/mol. The van der Waals surface area contributed by atoms with Gasteiger partial charge in [0, 0.05) is 6.42 Å². The Morgan fingerprint density at radius 1 is 1.14 bits per heavy atom. The minimum atomic E-state index is -0.172. The first-order valence-electron chi connectivity index (χ1n) is 11.9. The Balaban J connectivity index is 1.59. The molecule has 4 aliphatic carbocycles. The van der Waals surface area contributed by atoms with E-state index < -0.39 is 0 Å². The number of carbonyl (C=O) groups is 1. The van der Waals surface area contributed by atoms with Crippen LogP contribution in [0.1, 0.15) is 92.4 Å². The summed E-state index contributed by atoms with van der Waals surface area (Å²) in [5, 5.41) is 10.7. The van der Waals surface area contributed by atoms with Crippen LogP contribution >= 0.6 is 0 Å². The molecule has 29 heavy (non-hydrogen) atoms. The molecule has 3 nitrogen and oxygen atoms in total. The largest absolute Gasteiger partial charge is 0.466 e. The topological polar surface area (TPSA) is 46.5 Å². The van der Waals surface area contributed by atoms with Crippen LogP contribution < -0.4 is 0 Å². The van der Waals surface area contributed by atoms with Crippen molar-refractivity contribution in [2.45, 2.75) is 98.5 Å². The summed E-state index contributed by atoms with van der Waals surface area (Å²) < 4.78 is 5.17. The molecule has 0 aromatic rings. The zero-order chi connectivity index (χ0) is 21.0. The molecule has 4 aliphatic rings. The van der Waals surface area contributed by atoms with E-state index in [0.717, 1.165) is 32.1 Å². The van der Waals surface area contributed by atoms with Gasteiger partial charge >= 0.3 is 5.97 Å². The molecule has 0 aromatic heterocycles. The van der Waals surface area contributed by atoms with E-state index in [9.17, 15) is 9.90 Å². The number of rotatable bonds is 4. The highest BCUT2D eigenvalue weighted by molar-refractivity contribution is 5.69. The Kier molecular flexibility index (Phi) is 5.29. The molecule has 0 saturated heterocycles. The molecule has 162 valence electrons. The predicted molar refractivity (Wildman–Crippen MR) is 116 cm³/mol. The monoisotopic (exact) mass is 400 g/mol. The maximum atomic E-state index is 11.9. The van der Waals surface area contributed by atoms with Crippen molar-refractivity contribution < 1.29 is 14.6 Å². The van der Waals surface area contributed by atoms with E-state index in [1.165, 1.54) is 19.3 Å². The molecule has 1 saturated carbocycles. The molecule has 0 aliphatic heterocycles. The zero-order valence-corrected chi connectivity index (χ0v) is 19.1. The number of aliphatic hydroxyl groups excluding tert-OH is 1. The third-order valence-corrected chi connectivity index (χ3v) is 9.54. The lowest BCUT2D eigenvalue weighted by molar-refractivity contribution is -0.143. The molecule has 0 spiro atoms. The smallest absolute Gasteiger partial charge is 0.305 e. The van der Waals surface area contributed by atoms with Gasteiger partial charge in [0.25, 0.3) is 0 Å². The second-order valence-corrected chi connectivity index (χ2v) is 11.2. The number of hydrogen-bond acceptors (Lipinski definition) is 3. The van der Waals surface area contributed by atoms with E-state index in [0.29, 0.717) is 24.9 Å². The predicted octanol–water partition coefficient (Wildman–Crippen LogP) is 5.97. The summed E-state index contributed by atoms with van der Waals surface area (Å²) in [5.74, 6) is 1.09. The molecule has 0 aromatic carbocycles. The molecule has 3 heteroatoms. The van der Waals surface area contributed by atoms with Gasteiger partial charge in [0.05, 0.1) is 12.7 Å². The van der Waals surface area contributed by atoms with Crippen LogP contribution in [0, 0.1) is 28.1 Å². The minimum Gasteiger partial charge on any atom is -0.466 e. The van der Waals surface area contributed by atoms with Gasteiger partial charge in [-0.25, -0.2) is 0 Å². The molecule has 0 radical (unpaired) electrons. The van der Waals surface area contributed by atoms with Gasteiger partial charge in [-0.1, -0.05) is 39.3 Å². The van der Waals surface area contributed by atoms with Crippen molar-refractivity contribution in [2.75, 3.05) is 6.61 Å². The Morgan fingerprint density at radius 2 is 1.90 bits per heavy atom. The Morgan fingerprint density at radius 3 is 2.62 bits per heavy atom. The number of ether oxygens (including phenoxy) is 1. The average molecular weight is 401 g/mol. The van der Waals surface area contributed by atoms with Crippen LogP contribution in [-0.2, 0) is 9.53 Å². The van der Waals surface area contributed by atoms with Crippen LogP contribution in [0.15, 0.2) is 22.8 Å². The van der Waals surface area contributed by atoms with E-state index in [-0.39, 0.29) is 28.3 Å². The third-order valence-electron chi connectivity index (χ3n) is 9.54. The first-order valence-corrected chi connectivity index (χ1v) is 11.9. The van der Waals surface area contributed by atoms with Crippen molar-refractivity contribution in [3.05, 3.63) is 22.8 Å². The summed E-state index contributed by atoms with van der Waals surface area (Å²) in [6, 6.07) is 0. The molecule has 0 bridgehead atoms. The number of carbonyl (C=O) groups excluding carboxylic acids is 1. The fourth-order valence-corrected chi connectivity index (χ4v) is 7.73. The van der Waals surface area contributed by atoms with E-state index >= 15 is 0 Å². The maximum absolute atomic E-state index is 11.9. The van der Waals surface area contributed by atoms with Gasteiger partial charge < -0.3 is 9.84 Å². The molecule has 0 amide bonds. The molecule has 4 rings (SSSR count). The highest BCUT2D eigenvalue weighted by Crippen LogP contribution is 2.66. The lowest BCUT2D eigenvalue weighted by Gasteiger charge is -2.59. The number of aliphatic hydroxyl groups is 1. The van der Waals surface area contributed by atoms with Gasteiger partial charge in [-0.05, 0) is 97.5 Å². The lowest BCUT2D eigenvalue weighted by atomic mass is 9.46. The molecule has 5 atom stereocenters. The summed E-state index contributed by atoms with van der Waals surface area (Å²) in [7, 11) is 0. The first kappa shape index (κ1) is 21.2. The van der Waals surface area contributed by atoms with Crippen LogP contribution in [-0.4, -0.2) is 23.8 Å².